The fraction of sp³-hybridized carbons (Fsp3) is 0.450. The van der Waals surface area contributed by atoms with Crippen molar-refractivity contribution in [3.63, 3.8) is 0 Å². The number of nitrogens with one attached hydrogen (secondary N) is 1. The van der Waals surface area contributed by atoms with Gasteiger partial charge in [0.25, 0.3) is 5.91 Å². The first-order valence-electron chi connectivity index (χ1n) is 10.4. The Labute approximate surface area is 184 Å². The highest BCUT2D eigenvalue weighted by atomic mass is 16.5. The Bertz CT molecular complexity index is 1090. The fourth-order valence-electron chi connectivity index (χ4n) is 3.84. The summed E-state index contributed by atoms with van der Waals surface area (Å²) >= 11 is 0. The van der Waals surface area contributed by atoms with Gasteiger partial charge in [-0.25, -0.2) is 0 Å². The first-order chi connectivity index (χ1) is 15.6. The maximum Gasteiger partial charge on any atom is 0.276 e. The molecule has 12 heteroatoms. The van der Waals surface area contributed by atoms with Crippen LogP contribution in [0.3, 0.4) is 0 Å². The number of ether oxygens (including phenoxy) is 1. The van der Waals surface area contributed by atoms with Gasteiger partial charge in [0.15, 0.2) is 11.5 Å². The quantitative estimate of drug-likeness (QED) is 0.606. The van der Waals surface area contributed by atoms with E-state index in [2.05, 4.69) is 25.4 Å². The molecular weight excluding hydrogens is 414 g/mol. The predicted octanol–water partition coefficient (Wildman–Crippen LogP) is 0.239. The van der Waals surface area contributed by atoms with E-state index < -0.39 is 0 Å². The minimum absolute atomic E-state index is 0.174. The molecule has 0 aliphatic carbocycles. The van der Waals surface area contributed by atoms with Crippen LogP contribution in [0.25, 0.3) is 11.5 Å². The molecule has 0 saturated carbocycles. The Balaban J connectivity index is 1.57. The predicted molar refractivity (Wildman–Crippen MR) is 115 cm³/mol. The second-order valence-electron chi connectivity index (χ2n) is 7.81. The molecule has 5 rings (SSSR count). The van der Waals surface area contributed by atoms with Crippen molar-refractivity contribution in [3.05, 3.63) is 36.1 Å². The summed E-state index contributed by atoms with van der Waals surface area (Å²) in [6.45, 7) is 4.00. The van der Waals surface area contributed by atoms with Crippen LogP contribution in [0.2, 0.25) is 0 Å². The molecule has 2 aliphatic rings. The average molecular weight is 439 g/mol. The molecule has 0 spiro atoms. The van der Waals surface area contributed by atoms with Crippen LogP contribution in [0.1, 0.15) is 16.4 Å². The summed E-state index contributed by atoms with van der Waals surface area (Å²) < 4.78 is 13.4. The van der Waals surface area contributed by atoms with Gasteiger partial charge in [-0.2, -0.15) is 4.98 Å². The van der Waals surface area contributed by atoms with E-state index >= 15 is 0 Å². The zero-order valence-electron chi connectivity index (χ0n) is 18.1. The maximum atomic E-state index is 13.3. The lowest BCUT2D eigenvalue weighted by molar-refractivity contribution is 0.0312. The molecule has 32 heavy (non-hydrogen) atoms. The minimum atomic E-state index is -0.174. The SMILES string of the molecule is CN1COCN(C)c2nc(N3CCNCC3)n(Cc3nnc(-c4cccnc4)o3)c2C1=O. The van der Waals surface area contributed by atoms with E-state index in [1.54, 1.807) is 24.3 Å². The highest BCUT2D eigenvalue weighted by molar-refractivity contribution is 5.98. The largest absolute Gasteiger partial charge is 0.419 e. The number of amides is 1. The molecule has 1 saturated heterocycles. The first-order valence-corrected chi connectivity index (χ1v) is 10.4. The molecular formula is C20H25N9O3. The molecule has 1 fully saturated rings. The van der Waals surface area contributed by atoms with Crippen LogP contribution in [0.4, 0.5) is 11.8 Å². The lowest BCUT2D eigenvalue weighted by Gasteiger charge is -2.29. The smallest absolute Gasteiger partial charge is 0.276 e. The van der Waals surface area contributed by atoms with Gasteiger partial charge in [-0.3, -0.25) is 14.3 Å². The number of imidazole rings is 1. The minimum Gasteiger partial charge on any atom is -0.419 e. The number of anilines is 2. The van der Waals surface area contributed by atoms with E-state index in [4.69, 9.17) is 14.1 Å². The van der Waals surface area contributed by atoms with Crippen molar-refractivity contribution in [1.82, 2.24) is 34.9 Å². The van der Waals surface area contributed by atoms with Crippen LogP contribution < -0.4 is 15.1 Å². The summed E-state index contributed by atoms with van der Waals surface area (Å²) in [4.78, 5) is 27.8. The normalized spacial score (nSPS) is 17.3. The van der Waals surface area contributed by atoms with Crippen molar-refractivity contribution in [2.24, 2.45) is 0 Å². The maximum absolute atomic E-state index is 13.3. The van der Waals surface area contributed by atoms with Gasteiger partial charge in [0.05, 0.1) is 5.56 Å². The number of hydrogen-bond donors (Lipinski definition) is 1. The highest BCUT2D eigenvalue weighted by Gasteiger charge is 2.32. The van der Waals surface area contributed by atoms with Crippen LogP contribution in [0.5, 0.6) is 0 Å². The number of piperazine rings is 1. The summed E-state index contributed by atoms with van der Waals surface area (Å²) in [6.07, 6.45) is 3.36. The fourth-order valence-corrected chi connectivity index (χ4v) is 3.84. The van der Waals surface area contributed by atoms with Crippen molar-refractivity contribution in [1.29, 1.82) is 0 Å². The van der Waals surface area contributed by atoms with Crippen molar-refractivity contribution in [3.8, 4) is 11.5 Å². The van der Waals surface area contributed by atoms with E-state index in [1.165, 1.54) is 0 Å². The Hall–Kier alpha value is -3.51. The van der Waals surface area contributed by atoms with E-state index in [0.29, 0.717) is 36.0 Å². The molecule has 0 bridgehead atoms. The summed E-state index contributed by atoms with van der Waals surface area (Å²) in [6, 6.07) is 3.67. The van der Waals surface area contributed by atoms with Gasteiger partial charge in [-0.1, -0.05) is 0 Å². The van der Waals surface area contributed by atoms with Gasteiger partial charge in [0.2, 0.25) is 17.7 Å². The van der Waals surface area contributed by atoms with E-state index in [1.807, 2.05) is 28.6 Å². The van der Waals surface area contributed by atoms with E-state index in [-0.39, 0.29) is 19.2 Å². The Morgan fingerprint density at radius 2 is 1.94 bits per heavy atom. The van der Waals surface area contributed by atoms with Crippen LogP contribution in [-0.2, 0) is 11.3 Å². The van der Waals surface area contributed by atoms with Crippen LogP contribution in [-0.4, -0.2) is 89.3 Å². The molecule has 0 radical (unpaired) electrons. The van der Waals surface area contributed by atoms with Crippen LogP contribution in [0, 0.1) is 0 Å². The summed E-state index contributed by atoms with van der Waals surface area (Å²) in [7, 11) is 3.58. The Morgan fingerprint density at radius 3 is 2.72 bits per heavy atom. The third-order valence-electron chi connectivity index (χ3n) is 5.48. The van der Waals surface area contributed by atoms with Crippen molar-refractivity contribution >= 4 is 17.7 Å². The van der Waals surface area contributed by atoms with Gasteiger partial charge in [0.1, 0.15) is 20.0 Å². The summed E-state index contributed by atoms with van der Waals surface area (Å²) in [5.74, 6) is 1.87. The molecule has 3 aromatic heterocycles. The lowest BCUT2D eigenvalue weighted by Crippen LogP contribution is -2.45. The van der Waals surface area contributed by atoms with E-state index in [0.717, 1.165) is 31.7 Å². The number of pyridine rings is 1. The second-order valence-corrected chi connectivity index (χ2v) is 7.81. The van der Waals surface area contributed by atoms with Crippen molar-refractivity contribution in [2.75, 3.05) is 63.5 Å². The number of hydrogen-bond acceptors (Lipinski definition) is 10. The molecule has 3 aromatic rings. The average Bonchev–Trinajstić information content (AvgIpc) is 3.44. The number of aromatic nitrogens is 5. The van der Waals surface area contributed by atoms with Gasteiger partial charge in [-0.05, 0) is 12.1 Å². The molecule has 1 N–H and O–H groups in total. The van der Waals surface area contributed by atoms with Crippen molar-refractivity contribution < 1.29 is 13.9 Å². The standard InChI is InChI=1S/C20H25N9O3/c1-26-12-31-13-27(2)19(30)16-17(26)23-20(28-8-6-21-7-9-28)29(16)11-15-24-25-18(32-15)14-4-3-5-22-10-14/h3-5,10,21H,6-9,11-13H2,1-2H3. The molecule has 0 aromatic carbocycles. The number of rotatable bonds is 4. The highest BCUT2D eigenvalue weighted by Crippen LogP contribution is 2.30. The molecule has 0 unspecified atom stereocenters. The van der Waals surface area contributed by atoms with Crippen molar-refractivity contribution in [2.45, 2.75) is 6.54 Å². The van der Waals surface area contributed by atoms with Gasteiger partial charge < -0.3 is 29.2 Å². The zero-order valence-corrected chi connectivity index (χ0v) is 18.1. The molecule has 5 heterocycles. The topological polar surface area (TPSA) is 118 Å². The van der Waals surface area contributed by atoms with Gasteiger partial charge in [-0.15, -0.1) is 10.2 Å². The molecule has 0 atom stereocenters. The molecule has 12 nitrogen and oxygen atoms in total. The van der Waals surface area contributed by atoms with Crippen LogP contribution in [0.15, 0.2) is 28.9 Å². The third-order valence-corrected chi connectivity index (χ3v) is 5.48. The Morgan fingerprint density at radius 1 is 1.12 bits per heavy atom. The number of carbonyl (C=O) groups is 1. The summed E-state index contributed by atoms with van der Waals surface area (Å²) in [5.41, 5.74) is 1.22. The number of carbonyl (C=O) groups excluding carboxylic acids is 1. The lowest BCUT2D eigenvalue weighted by atomic mass is 10.3. The molecule has 2 aliphatic heterocycles. The van der Waals surface area contributed by atoms with Crippen LogP contribution >= 0.6 is 0 Å². The van der Waals surface area contributed by atoms with Gasteiger partial charge in [0, 0.05) is 52.7 Å². The number of nitrogens with zero attached hydrogens (tertiary/aromatic N) is 8. The number of fused-ring (bicyclic) bond motifs is 1. The monoisotopic (exact) mass is 439 g/mol. The second kappa shape index (κ2) is 8.55. The third kappa shape index (κ3) is 3.78. The molecule has 168 valence electrons. The Kier molecular flexibility index (Phi) is 5.45. The van der Waals surface area contributed by atoms with E-state index in [9.17, 15) is 4.79 Å². The zero-order chi connectivity index (χ0) is 22.1. The van der Waals surface area contributed by atoms with Gasteiger partial charge >= 0.3 is 0 Å². The molecule has 1 amide bonds. The summed E-state index contributed by atoms with van der Waals surface area (Å²) in [5, 5.41) is 11.7. The first kappa shape index (κ1) is 20.4.